The molecule has 0 aliphatic carbocycles. The highest BCUT2D eigenvalue weighted by atomic mass is 32.1. The first-order valence-electron chi connectivity index (χ1n) is 6.96. The molecule has 1 atom stereocenters. The van der Waals surface area contributed by atoms with Gasteiger partial charge in [0.1, 0.15) is 4.70 Å². The van der Waals surface area contributed by atoms with E-state index >= 15 is 0 Å². The van der Waals surface area contributed by atoms with Crippen LogP contribution in [0.5, 0.6) is 0 Å². The standard InChI is InChI=1S/C16H16N2O3S/c19-13(10-21-9-12-4-2-1-3-5-12)8-18-11-17-14-6-7-22-15(14)16(18)20/h1-7,11,13,19H,8-10H2. The lowest BCUT2D eigenvalue weighted by atomic mass is 10.2. The first-order valence-corrected chi connectivity index (χ1v) is 7.84. The number of thiophene rings is 1. The van der Waals surface area contributed by atoms with Crippen LogP contribution in [0.3, 0.4) is 0 Å². The van der Waals surface area contributed by atoms with Crippen LogP contribution in [-0.2, 0) is 17.9 Å². The average Bonchev–Trinajstić information content (AvgIpc) is 3.01. The molecule has 2 heterocycles. The van der Waals surface area contributed by atoms with E-state index in [1.165, 1.54) is 22.2 Å². The van der Waals surface area contributed by atoms with Gasteiger partial charge in [-0.25, -0.2) is 4.98 Å². The Morgan fingerprint density at radius 1 is 1.27 bits per heavy atom. The molecule has 1 N–H and O–H groups in total. The van der Waals surface area contributed by atoms with Crippen molar-refractivity contribution in [3.05, 3.63) is 64.0 Å². The van der Waals surface area contributed by atoms with Gasteiger partial charge in [-0.15, -0.1) is 11.3 Å². The largest absolute Gasteiger partial charge is 0.389 e. The fourth-order valence-electron chi connectivity index (χ4n) is 2.18. The Balaban J connectivity index is 1.57. The summed E-state index contributed by atoms with van der Waals surface area (Å²) in [7, 11) is 0. The maximum atomic E-state index is 12.2. The lowest BCUT2D eigenvalue weighted by Crippen LogP contribution is -2.29. The van der Waals surface area contributed by atoms with Crippen LogP contribution in [0.25, 0.3) is 10.2 Å². The number of ether oxygens (including phenoxy) is 1. The van der Waals surface area contributed by atoms with Crippen molar-refractivity contribution in [1.29, 1.82) is 0 Å². The molecule has 2 aromatic heterocycles. The van der Waals surface area contributed by atoms with E-state index in [0.29, 0.717) is 16.8 Å². The molecule has 0 amide bonds. The highest BCUT2D eigenvalue weighted by Crippen LogP contribution is 2.13. The molecule has 0 spiro atoms. The second kappa shape index (κ2) is 6.83. The van der Waals surface area contributed by atoms with Gasteiger partial charge in [0.05, 0.1) is 37.7 Å². The second-order valence-electron chi connectivity index (χ2n) is 4.99. The Morgan fingerprint density at radius 3 is 2.91 bits per heavy atom. The molecule has 0 saturated heterocycles. The predicted molar refractivity (Wildman–Crippen MR) is 86.0 cm³/mol. The van der Waals surface area contributed by atoms with Gasteiger partial charge >= 0.3 is 0 Å². The summed E-state index contributed by atoms with van der Waals surface area (Å²) in [6.07, 6.45) is 0.721. The van der Waals surface area contributed by atoms with E-state index in [9.17, 15) is 9.90 Å². The third kappa shape index (κ3) is 3.41. The summed E-state index contributed by atoms with van der Waals surface area (Å²) in [6, 6.07) is 11.6. The molecule has 0 fully saturated rings. The van der Waals surface area contributed by atoms with E-state index < -0.39 is 6.10 Å². The highest BCUT2D eigenvalue weighted by molar-refractivity contribution is 7.17. The normalized spacial score (nSPS) is 12.6. The van der Waals surface area contributed by atoms with Crippen LogP contribution in [0, 0.1) is 0 Å². The zero-order valence-electron chi connectivity index (χ0n) is 11.9. The maximum absolute atomic E-state index is 12.2. The van der Waals surface area contributed by atoms with Crippen LogP contribution >= 0.6 is 11.3 Å². The molecule has 1 aromatic carbocycles. The number of hydrogen-bond acceptors (Lipinski definition) is 5. The smallest absolute Gasteiger partial charge is 0.271 e. The number of aliphatic hydroxyl groups excluding tert-OH is 1. The van der Waals surface area contributed by atoms with Crippen LogP contribution in [0.1, 0.15) is 5.56 Å². The summed E-state index contributed by atoms with van der Waals surface area (Å²) in [5, 5.41) is 11.9. The summed E-state index contributed by atoms with van der Waals surface area (Å²) >= 11 is 1.36. The molecule has 1 unspecified atom stereocenters. The van der Waals surface area contributed by atoms with Crippen molar-refractivity contribution in [3.63, 3.8) is 0 Å². The zero-order valence-corrected chi connectivity index (χ0v) is 12.7. The molecule has 22 heavy (non-hydrogen) atoms. The predicted octanol–water partition coefficient (Wildman–Crippen LogP) is 2.04. The molecule has 0 aliphatic heterocycles. The lowest BCUT2D eigenvalue weighted by Gasteiger charge is -2.13. The van der Waals surface area contributed by atoms with Crippen molar-refractivity contribution in [2.75, 3.05) is 6.61 Å². The highest BCUT2D eigenvalue weighted by Gasteiger charge is 2.10. The maximum Gasteiger partial charge on any atom is 0.271 e. The molecule has 5 nitrogen and oxygen atoms in total. The number of benzene rings is 1. The molecule has 0 radical (unpaired) electrons. The first kappa shape index (κ1) is 14.9. The van der Waals surface area contributed by atoms with E-state index in [-0.39, 0.29) is 18.7 Å². The Morgan fingerprint density at radius 2 is 2.09 bits per heavy atom. The number of aliphatic hydroxyl groups is 1. The topological polar surface area (TPSA) is 64.4 Å². The fourth-order valence-corrected chi connectivity index (χ4v) is 2.97. The molecule has 0 saturated carbocycles. The third-order valence-corrected chi connectivity index (χ3v) is 4.16. The summed E-state index contributed by atoms with van der Waals surface area (Å²) < 4.78 is 7.52. The molecule has 3 aromatic rings. The Kier molecular flexibility index (Phi) is 4.62. The molecular weight excluding hydrogens is 300 g/mol. The summed E-state index contributed by atoms with van der Waals surface area (Å²) in [5.74, 6) is 0. The summed E-state index contributed by atoms with van der Waals surface area (Å²) in [6.45, 7) is 0.785. The molecule has 0 bridgehead atoms. The lowest BCUT2D eigenvalue weighted by molar-refractivity contribution is 0.0198. The van der Waals surface area contributed by atoms with Gasteiger partial charge in [-0.1, -0.05) is 30.3 Å². The van der Waals surface area contributed by atoms with Gasteiger partial charge in [-0.3, -0.25) is 9.36 Å². The van der Waals surface area contributed by atoms with Gasteiger partial charge < -0.3 is 9.84 Å². The minimum absolute atomic E-state index is 0.123. The first-order chi connectivity index (χ1) is 10.7. The Hall–Kier alpha value is -2.02. The van der Waals surface area contributed by atoms with Crippen molar-refractivity contribution >= 4 is 21.6 Å². The number of nitrogens with zero attached hydrogens (tertiary/aromatic N) is 2. The molecule has 114 valence electrons. The van der Waals surface area contributed by atoms with E-state index in [1.54, 1.807) is 0 Å². The molecular formula is C16H16N2O3S. The summed E-state index contributed by atoms with van der Waals surface area (Å²) in [5.41, 5.74) is 1.62. The Labute approximate surface area is 131 Å². The minimum atomic E-state index is -0.749. The zero-order chi connectivity index (χ0) is 15.4. The van der Waals surface area contributed by atoms with Gasteiger partial charge in [0.25, 0.3) is 5.56 Å². The van der Waals surface area contributed by atoms with Crippen molar-refractivity contribution in [2.45, 2.75) is 19.3 Å². The van der Waals surface area contributed by atoms with Gasteiger partial charge in [-0.2, -0.15) is 0 Å². The van der Waals surface area contributed by atoms with Crippen LogP contribution in [-0.4, -0.2) is 27.4 Å². The average molecular weight is 316 g/mol. The number of fused-ring (bicyclic) bond motifs is 1. The van der Waals surface area contributed by atoms with Crippen LogP contribution in [0.4, 0.5) is 0 Å². The van der Waals surface area contributed by atoms with Crippen LogP contribution in [0.15, 0.2) is 52.9 Å². The van der Waals surface area contributed by atoms with E-state index in [2.05, 4.69) is 4.98 Å². The van der Waals surface area contributed by atoms with Crippen LogP contribution in [0.2, 0.25) is 0 Å². The van der Waals surface area contributed by atoms with Crippen molar-refractivity contribution in [1.82, 2.24) is 9.55 Å². The minimum Gasteiger partial charge on any atom is -0.389 e. The van der Waals surface area contributed by atoms with E-state index in [0.717, 1.165) is 5.56 Å². The number of aromatic nitrogens is 2. The third-order valence-electron chi connectivity index (χ3n) is 3.26. The molecule has 0 aliphatic rings. The second-order valence-corrected chi connectivity index (χ2v) is 5.91. The van der Waals surface area contributed by atoms with Gasteiger partial charge in [0, 0.05) is 0 Å². The van der Waals surface area contributed by atoms with Gasteiger partial charge in [-0.05, 0) is 17.0 Å². The van der Waals surface area contributed by atoms with E-state index in [4.69, 9.17) is 4.74 Å². The number of rotatable bonds is 6. The molecule has 3 rings (SSSR count). The monoisotopic (exact) mass is 316 g/mol. The van der Waals surface area contributed by atoms with E-state index in [1.807, 2.05) is 41.8 Å². The fraction of sp³-hybridized carbons (Fsp3) is 0.250. The molecule has 6 heteroatoms. The quantitative estimate of drug-likeness (QED) is 0.756. The SMILES string of the molecule is O=c1c2sccc2ncn1CC(O)COCc1ccccc1. The van der Waals surface area contributed by atoms with Crippen LogP contribution < -0.4 is 5.56 Å². The van der Waals surface area contributed by atoms with Crippen molar-refractivity contribution < 1.29 is 9.84 Å². The van der Waals surface area contributed by atoms with Gasteiger partial charge in [0.15, 0.2) is 0 Å². The van der Waals surface area contributed by atoms with Crippen molar-refractivity contribution in [2.24, 2.45) is 0 Å². The Bertz CT molecular complexity index is 798. The van der Waals surface area contributed by atoms with Gasteiger partial charge in [0.2, 0.25) is 0 Å². The summed E-state index contributed by atoms with van der Waals surface area (Å²) in [4.78, 5) is 16.4. The van der Waals surface area contributed by atoms with Crippen molar-refractivity contribution in [3.8, 4) is 0 Å². The number of hydrogen-bond donors (Lipinski definition) is 1.